The second-order valence-corrected chi connectivity index (χ2v) is 20.1. The van der Waals surface area contributed by atoms with E-state index in [1.54, 1.807) is 16.8 Å². The lowest BCUT2D eigenvalue weighted by atomic mass is 9.93. The van der Waals surface area contributed by atoms with E-state index in [9.17, 15) is 9.90 Å². The van der Waals surface area contributed by atoms with E-state index in [-0.39, 0.29) is 5.56 Å². The summed E-state index contributed by atoms with van der Waals surface area (Å²) in [5.41, 5.74) is 9.14. The van der Waals surface area contributed by atoms with Crippen molar-refractivity contribution in [2.75, 3.05) is 43.0 Å². The van der Waals surface area contributed by atoms with Crippen LogP contribution in [-0.2, 0) is 0 Å². The van der Waals surface area contributed by atoms with Gasteiger partial charge in [-0.25, -0.2) is 4.98 Å². The Labute approximate surface area is 286 Å². The standard InChI is InChI=1S/C39H50N6O2Si/c1-27(2)48(28(3)4,29(5)6)21-18-31-22-37(47)45(35-10-8-7-9-11-35)38-36(31)23-40-39(42-38)41-32-12-14-33(15-13-32)43-19-16-34(17-20-43)44-24-30(25-44)26-46/h7-15,22-23,27-30,34,46H,16-17,19-20,24-26H2,1-6H3,(H,40,41,42). The molecular formula is C39H50N6O2Si. The van der Waals surface area contributed by atoms with Gasteiger partial charge in [0.05, 0.1) is 11.1 Å². The summed E-state index contributed by atoms with van der Waals surface area (Å²) in [6.07, 6.45) is 4.10. The number of aromatic nitrogens is 3. The second kappa shape index (κ2) is 14.3. The summed E-state index contributed by atoms with van der Waals surface area (Å²) in [6, 6.07) is 20.3. The van der Waals surface area contributed by atoms with E-state index in [1.165, 1.54) is 5.69 Å². The zero-order valence-corrected chi connectivity index (χ0v) is 30.3. The Bertz CT molecular complexity index is 1810. The molecule has 6 rings (SSSR count). The Morgan fingerprint density at radius 1 is 0.917 bits per heavy atom. The number of piperidine rings is 1. The van der Waals surface area contributed by atoms with E-state index in [2.05, 4.69) is 92.4 Å². The van der Waals surface area contributed by atoms with Gasteiger partial charge in [0, 0.05) is 73.9 Å². The number of pyridine rings is 1. The smallest absolute Gasteiger partial charge is 0.258 e. The molecule has 0 saturated carbocycles. The van der Waals surface area contributed by atoms with Crippen LogP contribution in [0.2, 0.25) is 16.6 Å². The van der Waals surface area contributed by atoms with Gasteiger partial charge in [0.25, 0.3) is 5.56 Å². The van der Waals surface area contributed by atoms with Crippen LogP contribution in [0.5, 0.6) is 0 Å². The van der Waals surface area contributed by atoms with Crippen LogP contribution in [0, 0.1) is 17.4 Å². The quantitative estimate of drug-likeness (QED) is 0.148. The predicted octanol–water partition coefficient (Wildman–Crippen LogP) is 6.99. The van der Waals surface area contributed by atoms with Crippen molar-refractivity contribution in [1.29, 1.82) is 0 Å². The minimum absolute atomic E-state index is 0.163. The maximum absolute atomic E-state index is 13.8. The van der Waals surface area contributed by atoms with Crippen molar-refractivity contribution in [2.24, 2.45) is 5.92 Å². The Kier molecular flexibility index (Phi) is 10.1. The van der Waals surface area contributed by atoms with Crippen molar-refractivity contribution in [3.8, 4) is 17.2 Å². The molecule has 4 aromatic rings. The Hall–Kier alpha value is -3.97. The number of anilines is 3. The fourth-order valence-corrected chi connectivity index (χ4v) is 13.3. The maximum Gasteiger partial charge on any atom is 0.258 e. The number of nitrogens with zero attached hydrogens (tertiary/aromatic N) is 5. The van der Waals surface area contributed by atoms with Crippen LogP contribution in [0.1, 0.15) is 59.9 Å². The number of benzene rings is 2. The topological polar surface area (TPSA) is 86.5 Å². The molecule has 0 atom stereocenters. The third kappa shape index (κ3) is 6.66. The number of aliphatic hydroxyl groups excluding tert-OH is 1. The van der Waals surface area contributed by atoms with Gasteiger partial charge in [0.2, 0.25) is 5.95 Å². The minimum Gasteiger partial charge on any atom is -0.396 e. The van der Waals surface area contributed by atoms with Crippen molar-refractivity contribution in [3.63, 3.8) is 0 Å². The monoisotopic (exact) mass is 662 g/mol. The van der Waals surface area contributed by atoms with Crippen molar-refractivity contribution < 1.29 is 5.11 Å². The molecule has 4 heterocycles. The second-order valence-electron chi connectivity index (χ2n) is 14.5. The van der Waals surface area contributed by atoms with Crippen LogP contribution in [0.15, 0.2) is 71.7 Å². The first kappa shape index (κ1) is 33.9. The molecule has 9 heteroatoms. The predicted molar refractivity (Wildman–Crippen MR) is 200 cm³/mol. The van der Waals surface area contributed by atoms with Crippen molar-refractivity contribution in [1.82, 2.24) is 19.4 Å². The van der Waals surface area contributed by atoms with Gasteiger partial charge in [-0.3, -0.25) is 14.3 Å². The number of aliphatic hydroxyl groups is 1. The minimum atomic E-state index is -2.02. The third-order valence-corrected chi connectivity index (χ3v) is 17.1. The molecule has 0 radical (unpaired) electrons. The highest BCUT2D eigenvalue weighted by Crippen LogP contribution is 2.41. The van der Waals surface area contributed by atoms with Gasteiger partial charge in [0.15, 0.2) is 5.65 Å². The summed E-state index contributed by atoms with van der Waals surface area (Å²) in [7, 11) is -2.02. The number of fused-ring (bicyclic) bond motifs is 1. The molecule has 0 bridgehead atoms. The molecule has 2 aromatic carbocycles. The summed E-state index contributed by atoms with van der Waals surface area (Å²) in [5, 5.41) is 13.5. The third-order valence-electron chi connectivity index (χ3n) is 10.8. The number of likely N-dealkylation sites (tertiary alicyclic amines) is 1. The fourth-order valence-electron chi connectivity index (χ4n) is 8.10. The first-order chi connectivity index (χ1) is 23.1. The lowest BCUT2D eigenvalue weighted by Crippen LogP contribution is -2.56. The average Bonchev–Trinajstić information content (AvgIpc) is 3.05. The summed E-state index contributed by atoms with van der Waals surface area (Å²) >= 11 is 0. The van der Waals surface area contributed by atoms with E-state index < -0.39 is 8.07 Å². The lowest BCUT2D eigenvalue weighted by molar-refractivity contribution is 0.0116. The largest absolute Gasteiger partial charge is 0.396 e. The molecule has 252 valence electrons. The molecule has 0 spiro atoms. The summed E-state index contributed by atoms with van der Waals surface area (Å²) in [5.74, 6) is 4.39. The van der Waals surface area contributed by atoms with Crippen LogP contribution in [0.3, 0.4) is 0 Å². The van der Waals surface area contributed by atoms with Gasteiger partial charge in [-0.15, -0.1) is 5.54 Å². The van der Waals surface area contributed by atoms with E-state index in [1.807, 2.05) is 30.3 Å². The van der Waals surface area contributed by atoms with Crippen LogP contribution in [0.4, 0.5) is 17.3 Å². The molecule has 2 aromatic heterocycles. The van der Waals surface area contributed by atoms with Crippen LogP contribution in [-0.4, -0.2) is 71.4 Å². The number of rotatable bonds is 9. The summed E-state index contributed by atoms with van der Waals surface area (Å²) < 4.78 is 1.66. The molecule has 48 heavy (non-hydrogen) atoms. The van der Waals surface area contributed by atoms with Crippen molar-refractivity contribution in [3.05, 3.63) is 82.8 Å². The Morgan fingerprint density at radius 3 is 2.17 bits per heavy atom. The molecular weight excluding hydrogens is 613 g/mol. The molecule has 0 aliphatic carbocycles. The highest BCUT2D eigenvalue weighted by atomic mass is 28.3. The number of para-hydroxylation sites is 1. The average molecular weight is 663 g/mol. The van der Waals surface area contributed by atoms with Gasteiger partial charge in [-0.2, -0.15) is 4.98 Å². The summed E-state index contributed by atoms with van der Waals surface area (Å²) in [6.45, 7) is 18.2. The normalized spacial score (nSPS) is 16.4. The molecule has 2 N–H and O–H groups in total. The zero-order chi connectivity index (χ0) is 34.0. The van der Waals surface area contributed by atoms with E-state index in [4.69, 9.17) is 9.97 Å². The number of nitrogens with one attached hydrogen (secondary N) is 1. The van der Waals surface area contributed by atoms with E-state index in [0.29, 0.717) is 52.3 Å². The van der Waals surface area contributed by atoms with Crippen LogP contribution in [0.25, 0.3) is 16.7 Å². The molecule has 8 nitrogen and oxygen atoms in total. The first-order valence-corrected chi connectivity index (χ1v) is 19.8. The van der Waals surface area contributed by atoms with Crippen LogP contribution < -0.4 is 15.8 Å². The van der Waals surface area contributed by atoms with Crippen molar-refractivity contribution in [2.45, 2.75) is 77.0 Å². The van der Waals surface area contributed by atoms with Crippen LogP contribution >= 0.6 is 0 Å². The maximum atomic E-state index is 13.8. The Morgan fingerprint density at radius 2 is 1.56 bits per heavy atom. The fraction of sp³-hybridized carbons (Fsp3) is 0.462. The molecule has 2 fully saturated rings. The van der Waals surface area contributed by atoms with Gasteiger partial charge in [-0.05, 0) is 65.9 Å². The highest BCUT2D eigenvalue weighted by Gasteiger charge is 2.41. The molecule has 0 unspecified atom stereocenters. The first-order valence-electron chi connectivity index (χ1n) is 17.6. The SMILES string of the molecule is CC(C)[Si](C#Cc1cc(=O)n(-c2ccccc2)c2nc(Nc3ccc(N4CCC(N5CC(CO)C5)CC4)cc3)ncc12)(C(C)C)C(C)C. The van der Waals surface area contributed by atoms with Crippen molar-refractivity contribution >= 4 is 36.4 Å². The molecule has 0 amide bonds. The zero-order valence-electron chi connectivity index (χ0n) is 29.3. The molecule has 2 saturated heterocycles. The van der Waals surface area contributed by atoms with E-state index >= 15 is 0 Å². The number of hydrogen-bond acceptors (Lipinski definition) is 7. The molecule has 2 aliphatic rings. The van der Waals surface area contributed by atoms with Gasteiger partial charge in [0.1, 0.15) is 8.07 Å². The summed E-state index contributed by atoms with van der Waals surface area (Å²) in [4.78, 5) is 28.4. The van der Waals surface area contributed by atoms with Gasteiger partial charge >= 0.3 is 0 Å². The Balaban J connectivity index is 1.28. The number of hydrogen-bond donors (Lipinski definition) is 2. The highest BCUT2D eigenvalue weighted by molar-refractivity contribution is 6.90. The van der Waals surface area contributed by atoms with Gasteiger partial charge < -0.3 is 15.3 Å². The van der Waals surface area contributed by atoms with Gasteiger partial charge in [-0.1, -0.05) is 65.7 Å². The molecule has 2 aliphatic heterocycles. The van der Waals surface area contributed by atoms with E-state index in [0.717, 1.165) is 55.8 Å². The lowest BCUT2D eigenvalue weighted by Gasteiger charge is -2.47.